The third-order valence-electron chi connectivity index (χ3n) is 6.15. The molecule has 4 heterocycles. The van der Waals surface area contributed by atoms with Crippen molar-refractivity contribution in [2.24, 2.45) is 5.16 Å². The number of nitrogens with zero attached hydrogens (tertiary/aromatic N) is 4. The van der Waals surface area contributed by atoms with Crippen molar-refractivity contribution in [1.29, 1.82) is 0 Å². The van der Waals surface area contributed by atoms with E-state index in [0.717, 1.165) is 12.8 Å². The number of aromatic nitrogens is 2. The van der Waals surface area contributed by atoms with Crippen LogP contribution in [0, 0.1) is 0 Å². The molecular weight excluding hydrogens is 496 g/mol. The van der Waals surface area contributed by atoms with Gasteiger partial charge in [0.05, 0.1) is 11.7 Å². The molecular formula is C25H24N6O5S. The summed E-state index contributed by atoms with van der Waals surface area (Å²) in [6.07, 6.45) is 8.76. The Kier molecular flexibility index (Phi) is 6.91. The van der Waals surface area contributed by atoms with Crippen molar-refractivity contribution in [2.45, 2.75) is 36.9 Å². The standard InChI is InChI=1S/C25H24N6O5S/c26-18-10-6-9-17(27-18)19(29-36-16-7-2-3-8-16)22(32)28-20-23(33)31-21(25(34)35)15(14-37-24(20)31)13-30-11-4-1-5-12-30/h1-2,4-7,9-12,16,20,24H,3,8,13-14H2,(H3-,26,27,28,32,34,35)/t16?,20?,24-/m0/s1. The molecule has 2 amide bonds. The summed E-state index contributed by atoms with van der Waals surface area (Å²) in [6, 6.07) is 9.35. The molecule has 2 aromatic rings. The lowest BCUT2D eigenvalue weighted by molar-refractivity contribution is -0.689. The Labute approximate surface area is 216 Å². The Hall–Kier alpha value is -4.19. The monoisotopic (exact) mass is 520 g/mol. The molecule has 0 aromatic carbocycles. The van der Waals surface area contributed by atoms with Crippen LogP contribution in [-0.2, 0) is 25.8 Å². The van der Waals surface area contributed by atoms with Gasteiger partial charge in [-0.15, -0.1) is 11.8 Å². The molecule has 3 atom stereocenters. The highest BCUT2D eigenvalue weighted by atomic mass is 32.2. The van der Waals surface area contributed by atoms with E-state index in [9.17, 15) is 19.5 Å². The Morgan fingerprint density at radius 2 is 2.08 bits per heavy atom. The number of hydrogen-bond donors (Lipinski definition) is 2. The van der Waals surface area contributed by atoms with Gasteiger partial charge in [-0.3, -0.25) is 14.5 Å². The van der Waals surface area contributed by atoms with Crippen molar-refractivity contribution in [3.05, 3.63) is 77.9 Å². The number of allylic oxidation sites excluding steroid dienone is 1. The van der Waals surface area contributed by atoms with E-state index >= 15 is 0 Å². The third kappa shape index (κ3) is 5.05. The highest BCUT2D eigenvalue weighted by Gasteiger charge is 2.53. The number of fused-ring (bicyclic) bond motifs is 1. The summed E-state index contributed by atoms with van der Waals surface area (Å²) in [5, 5.41) is 18.2. The number of β-lactam (4-membered cyclic amide) rings is 1. The minimum Gasteiger partial charge on any atom is -0.543 e. The van der Waals surface area contributed by atoms with Gasteiger partial charge in [0.2, 0.25) is 0 Å². The molecule has 0 spiro atoms. The van der Waals surface area contributed by atoms with E-state index in [1.165, 1.54) is 16.7 Å². The molecule has 3 aliphatic rings. The number of carboxylic acids is 1. The van der Waals surface area contributed by atoms with Crippen molar-refractivity contribution >= 4 is 41.1 Å². The maximum absolute atomic E-state index is 13.3. The lowest BCUT2D eigenvalue weighted by Gasteiger charge is -2.50. The molecule has 2 aromatic heterocycles. The summed E-state index contributed by atoms with van der Waals surface area (Å²) >= 11 is 1.37. The molecule has 2 unspecified atom stereocenters. The number of hydrogen-bond acceptors (Lipinski definition) is 9. The van der Waals surface area contributed by atoms with Crippen LogP contribution in [0.5, 0.6) is 0 Å². The van der Waals surface area contributed by atoms with Crippen LogP contribution in [0.2, 0.25) is 0 Å². The number of pyridine rings is 2. The highest BCUT2D eigenvalue weighted by Crippen LogP contribution is 2.40. The quantitative estimate of drug-likeness (QED) is 0.155. The van der Waals surface area contributed by atoms with Crippen LogP contribution in [0.15, 0.2) is 77.4 Å². The summed E-state index contributed by atoms with van der Waals surface area (Å²) in [4.78, 5) is 49.2. The van der Waals surface area contributed by atoms with Crippen molar-refractivity contribution < 1.29 is 28.9 Å². The Morgan fingerprint density at radius 3 is 2.78 bits per heavy atom. The molecule has 37 heavy (non-hydrogen) atoms. The van der Waals surface area contributed by atoms with Crippen LogP contribution in [-0.4, -0.2) is 56.7 Å². The molecule has 2 aliphatic heterocycles. The summed E-state index contributed by atoms with van der Waals surface area (Å²) in [5.41, 5.74) is 6.26. The number of carbonyl (C=O) groups excluding carboxylic acids is 3. The molecule has 1 fully saturated rings. The fourth-order valence-electron chi connectivity index (χ4n) is 4.36. The van der Waals surface area contributed by atoms with Crippen molar-refractivity contribution in [2.75, 3.05) is 11.5 Å². The molecule has 0 radical (unpaired) electrons. The van der Waals surface area contributed by atoms with E-state index < -0.39 is 29.2 Å². The van der Waals surface area contributed by atoms with Gasteiger partial charge in [0, 0.05) is 23.5 Å². The van der Waals surface area contributed by atoms with Gasteiger partial charge in [0.15, 0.2) is 24.7 Å². The first-order valence-corrected chi connectivity index (χ1v) is 12.7. The molecule has 0 bridgehead atoms. The van der Waals surface area contributed by atoms with Gasteiger partial charge in [-0.2, -0.15) is 0 Å². The number of anilines is 1. The molecule has 1 aliphatic carbocycles. The van der Waals surface area contributed by atoms with Crippen molar-refractivity contribution in [3.8, 4) is 0 Å². The number of amides is 2. The molecule has 1 saturated heterocycles. The summed E-state index contributed by atoms with van der Waals surface area (Å²) in [6.45, 7) is 0.301. The van der Waals surface area contributed by atoms with Gasteiger partial charge in [-0.1, -0.05) is 23.4 Å². The van der Waals surface area contributed by atoms with E-state index in [0.29, 0.717) is 17.9 Å². The topological polar surface area (TPSA) is 154 Å². The third-order valence-corrected chi connectivity index (χ3v) is 7.49. The number of nitrogen functional groups attached to an aromatic ring is 1. The first-order chi connectivity index (χ1) is 17.9. The van der Waals surface area contributed by atoms with Crippen LogP contribution < -0.4 is 20.7 Å². The van der Waals surface area contributed by atoms with Gasteiger partial charge in [-0.25, -0.2) is 9.55 Å². The number of carbonyl (C=O) groups is 3. The minimum atomic E-state index is -1.43. The van der Waals surface area contributed by atoms with Crippen molar-refractivity contribution in [1.82, 2.24) is 15.2 Å². The Balaban J connectivity index is 1.35. The summed E-state index contributed by atoms with van der Waals surface area (Å²) in [5.74, 6) is -2.09. The Morgan fingerprint density at radius 1 is 1.27 bits per heavy atom. The number of rotatable bonds is 8. The van der Waals surface area contributed by atoms with Gasteiger partial charge in [-0.05, 0) is 31.1 Å². The largest absolute Gasteiger partial charge is 0.543 e. The van der Waals surface area contributed by atoms with Gasteiger partial charge >= 0.3 is 0 Å². The summed E-state index contributed by atoms with van der Waals surface area (Å²) < 4.78 is 1.82. The normalized spacial score (nSPS) is 22.9. The molecule has 0 saturated carbocycles. The average molecular weight is 521 g/mol. The fraction of sp³-hybridized carbons (Fsp3) is 0.280. The van der Waals surface area contributed by atoms with Gasteiger partial charge in [0.25, 0.3) is 11.8 Å². The van der Waals surface area contributed by atoms with Crippen LogP contribution >= 0.6 is 11.8 Å². The number of nitrogens with two attached hydrogens (primary N) is 1. The smallest absolute Gasteiger partial charge is 0.276 e. The maximum Gasteiger partial charge on any atom is 0.276 e. The first-order valence-electron chi connectivity index (χ1n) is 11.7. The van der Waals surface area contributed by atoms with E-state index in [4.69, 9.17) is 10.6 Å². The first kappa shape index (κ1) is 24.5. The zero-order valence-electron chi connectivity index (χ0n) is 19.6. The van der Waals surface area contributed by atoms with Crippen LogP contribution in [0.25, 0.3) is 0 Å². The van der Waals surface area contributed by atoms with Crippen molar-refractivity contribution in [3.63, 3.8) is 0 Å². The number of thioether (sulfide) groups is 1. The number of nitrogens with one attached hydrogen (secondary N) is 1. The van der Waals surface area contributed by atoms with E-state index in [1.807, 2.05) is 47.3 Å². The zero-order chi connectivity index (χ0) is 25.9. The lowest BCUT2D eigenvalue weighted by atomic mass is 10.0. The maximum atomic E-state index is 13.3. The van der Waals surface area contributed by atoms with Crippen LogP contribution in [0.3, 0.4) is 0 Å². The number of aliphatic carboxylic acids is 1. The minimum absolute atomic E-state index is 0.128. The van der Waals surface area contributed by atoms with E-state index in [1.54, 1.807) is 18.2 Å². The highest BCUT2D eigenvalue weighted by molar-refractivity contribution is 8.00. The number of carboxylic acid groups (broad SMARTS) is 1. The predicted molar refractivity (Wildman–Crippen MR) is 132 cm³/mol. The second kappa shape index (κ2) is 10.4. The fourth-order valence-corrected chi connectivity index (χ4v) is 5.70. The molecule has 190 valence electrons. The molecule has 3 N–H and O–H groups in total. The summed E-state index contributed by atoms with van der Waals surface area (Å²) in [7, 11) is 0. The molecule has 11 nitrogen and oxygen atoms in total. The van der Waals surface area contributed by atoms with Crippen LogP contribution in [0.4, 0.5) is 5.82 Å². The molecule has 5 rings (SSSR count). The van der Waals surface area contributed by atoms with E-state index in [-0.39, 0.29) is 29.0 Å². The Bertz CT molecular complexity index is 1330. The predicted octanol–water partition coefficient (Wildman–Crippen LogP) is -0.505. The SMILES string of the molecule is Nc1cccc(C(=NOC2C=CCC2)C(=O)NC2C(=O)N3C(C(=O)[O-])=C(C[n+]4ccccc4)CS[C@@H]23)n1. The molecule has 12 heteroatoms. The second-order valence-corrected chi connectivity index (χ2v) is 9.79. The average Bonchev–Trinajstić information content (AvgIpc) is 3.41. The number of oxime groups is 1. The van der Waals surface area contributed by atoms with Gasteiger partial charge in [0.1, 0.15) is 29.0 Å². The second-order valence-electron chi connectivity index (χ2n) is 8.69. The van der Waals surface area contributed by atoms with Crippen LogP contribution in [0.1, 0.15) is 18.5 Å². The zero-order valence-corrected chi connectivity index (χ0v) is 20.5. The lowest BCUT2D eigenvalue weighted by Crippen LogP contribution is -2.71. The van der Waals surface area contributed by atoms with Gasteiger partial charge < -0.3 is 25.8 Å². The van der Waals surface area contributed by atoms with E-state index in [2.05, 4.69) is 15.5 Å².